The lowest BCUT2D eigenvalue weighted by Gasteiger charge is -2.38. The zero-order valence-electron chi connectivity index (χ0n) is 10.8. The predicted molar refractivity (Wildman–Crippen MR) is 72.3 cm³/mol. The number of aliphatic hydroxyl groups is 2. The quantitative estimate of drug-likeness (QED) is 0.763. The Labute approximate surface area is 109 Å². The molecule has 1 aromatic carbocycles. The summed E-state index contributed by atoms with van der Waals surface area (Å²) in [5.41, 5.74) is 8.00. The fourth-order valence-corrected chi connectivity index (χ4v) is 3.18. The molecule has 18 heavy (non-hydrogen) atoms. The van der Waals surface area contributed by atoms with Crippen LogP contribution in [0, 0.1) is 0 Å². The van der Waals surface area contributed by atoms with Crippen molar-refractivity contribution in [1.29, 1.82) is 0 Å². The average molecular weight is 249 g/mol. The molecular formula is C15H23NO2. The number of hydrogen-bond acceptors (Lipinski definition) is 3. The third-order valence-electron chi connectivity index (χ3n) is 4.27. The first kappa shape index (κ1) is 13.5. The van der Waals surface area contributed by atoms with Crippen molar-refractivity contribution in [3.8, 4) is 0 Å². The smallest absolute Gasteiger partial charge is 0.102 e. The summed E-state index contributed by atoms with van der Waals surface area (Å²) in [4.78, 5) is 0. The maximum Gasteiger partial charge on any atom is 0.102 e. The molecule has 1 aliphatic rings. The molecule has 1 saturated carbocycles. The van der Waals surface area contributed by atoms with E-state index in [1.165, 1.54) is 19.3 Å². The Kier molecular flexibility index (Phi) is 4.38. The van der Waals surface area contributed by atoms with Gasteiger partial charge < -0.3 is 15.9 Å². The van der Waals surface area contributed by atoms with Crippen molar-refractivity contribution < 1.29 is 10.2 Å². The van der Waals surface area contributed by atoms with Gasteiger partial charge in [0.05, 0.1) is 6.61 Å². The van der Waals surface area contributed by atoms with E-state index in [0.29, 0.717) is 6.54 Å². The van der Waals surface area contributed by atoms with Gasteiger partial charge in [0.2, 0.25) is 0 Å². The molecule has 3 nitrogen and oxygen atoms in total. The summed E-state index contributed by atoms with van der Waals surface area (Å²) in [5.74, 6) is 0. The van der Waals surface area contributed by atoms with Crippen LogP contribution in [0.4, 0.5) is 0 Å². The molecule has 0 heterocycles. The van der Waals surface area contributed by atoms with Crippen molar-refractivity contribution >= 4 is 0 Å². The van der Waals surface area contributed by atoms with Gasteiger partial charge in [0.15, 0.2) is 0 Å². The monoisotopic (exact) mass is 249 g/mol. The molecule has 3 heteroatoms. The van der Waals surface area contributed by atoms with Gasteiger partial charge in [0.1, 0.15) is 6.10 Å². The molecule has 1 fully saturated rings. The molecule has 0 aliphatic heterocycles. The molecule has 1 atom stereocenters. The van der Waals surface area contributed by atoms with Crippen LogP contribution in [0.15, 0.2) is 24.3 Å². The van der Waals surface area contributed by atoms with Gasteiger partial charge in [-0.1, -0.05) is 43.5 Å². The third-order valence-corrected chi connectivity index (χ3v) is 4.27. The zero-order chi connectivity index (χ0) is 13.0. The topological polar surface area (TPSA) is 66.5 Å². The lowest BCUT2D eigenvalue weighted by atomic mass is 9.67. The molecule has 0 bridgehead atoms. The Hall–Kier alpha value is -0.900. The van der Waals surface area contributed by atoms with E-state index in [1.807, 2.05) is 18.2 Å². The van der Waals surface area contributed by atoms with Crippen LogP contribution < -0.4 is 5.73 Å². The van der Waals surface area contributed by atoms with E-state index in [2.05, 4.69) is 6.07 Å². The minimum atomic E-state index is -0.799. The summed E-state index contributed by atoms with van der Waals surface area (Å²) in [6.07, 6.45) is 5.03. The molecule has 0 saturated heterocycles. The minimum Gasteiger partial charge on any atom is -0.393 e. The van der Waals surface area contributed by atoms with Gasteiger partial charge in [-0.25, -0.2) is 0 Å². The summed E-state index contributed by atoms with van der Waals surface area (Å²) < 4.78 is 0. The van der Waals surface area contributed by atoms with Gasteiger partial charge in [0, 0.05) is 12.0 Å². The second-order valence-corrected chi connectivity index (χ2v) is 5.33. The van der Waals surface area contributed by atoms with Crippen LogP contribution in [0.1, 0.15) is 49.3 Å². The molecule has 1 aliphatic carbocycles. The van der Waals surface area contributed by atoms with E-state index >= 15 is 0 Å². The molecule has 0 amide bonds. The van der Waals surface area contributed by atoms with E-state index in [-0.39, 0.29) is 12.0 Å². The van der Waals surface area contributed by atoms with Gasteiger partial charge in [-0.3, -0.25) is 0 Å². The number of aliphatic hydroxyl groups excluding tert-OH is 2. The van der Waals surface area contributed by atoms with E-state index in [0.717, 1.165) is 24.0 Å². The second kappa shape index (κ2) is 5.83. The van der Waals surface area contributed by atoms with Crippen LogP contribution in [0.3, 0.4) is 0 Å². The highest BCUT2D eigenvalue weighted by Gasteiger charge is 2.34. The summed E-state index contributed by atoms with van der Waals surface area (Å²) in [6, 6.07) is 7.87. The highest BCUT2D eigenvalue weighted by molar-refractivity contribution is 5.37. The van der Waals surface area contributed by atoms with Crippen molar-refractivity contribution in [2.24, 2.45) is 5.73 Å². The number of hydrogen-bond donors (Lipinski definition) is 3. The van der Waals surface area contributed by atoms with Gasteiger partial charge >= 0.3 is 0 Å². The fraction of sp³-hybridized carbons (Fsp3) is 0.600. The molecular weight excluding hydrogens is 226 g/mol. The van der Waals surface area contributed by atoms with Gasteiger partial charge in [-0.2, -0.15) is 0 Å². The lowest BCUT2D eigenvalue weighted by Crippen LogP contribution is -2.38. The molecule has 2 rings (SSSR count). The standard InChI is InChI=1S/C15H23NO2/c16-11-15(8-4-1-5-9-15)13-7-3-2-6-12(13)14(18)10-17/h2-3,6-7,14,17-18H,1,4-5,8-11,16H2. The van der Waals surface area contributed by atoms with Crippen LogP contribution >= 0.6 is 0 Å². The largest absolute Gasteiger partial charge is 0.393 e. The van der Waals surface area contributed by atoms with Crippen LogP contribution in [0.25, 0.3) is 0 Å². The molecule has 1 unspecified atom stereocenters. The number of benzene rings is 1. The third kappa shape index (κ3) is 2.44. The van der Waals surface area contributed by atoms with Gasteiger partial charge in [-0.05, 0) is 24.0 Å². The SMILES string of the molecule is NCC1(c2ccccc2C(O)CO)CCCCC1. The summed E-state index contributed by atoms with van der Waals surface area (Å²) in [6.45, 7) is 0.375. The molecule has 4 N–H and O–H groups in total. The van der Waals surface area contributed by atoms with Crippen molar-refractivity contribution in [3.63, 3.8) is 0 Å². The average Bonchev–Trinajstić information content (AvgIpc) is 2.47. The number of rotatable bonds is 4. The van der Waals surface area contributed by atoms with Crippen LogP contribution in [-0.4, -0.2) is 23.4 Å². The Morgan fingerprint density at radius 1 is 1.17 bits per heavy atom. The van der Waals surface area contributed by atoms with Crippen LogP contribution in [0.5, 0.6) is 0 Å². The van der Waals surface area contributed by atoms with Gasteiger partial charge in [-0.15, -0.1) is 0 Å². The molecule has 1 aromatic rings. The van der Waals surface area contributed by atoms with Crippen molar-refractivity contribution in [3.05, 3.63) is 35.4 Å². The van der Waals surface area contributed by atoms with Crippen molar-refractivity contribution in [2.45, 2.75) is 43.6 Å². The maximum atomic E-state index is 9.96. The molecule has 100 valence electrons. The fourth-order valence-electron chi connectivity index (χ4n) is 3.18. The Bertz CT molecular complexity index is 386. The minimum absolute atomic E-state index is 0.00894. The van der Waals surface area contributed by atoms with Crippen LogP contribution in [0.2, 0.25) is 0 Å². The zero-order valence-corrected chi connectivity index (χ0v) is 10.8. The molecule has 0 aromatic heterocycles. The lowest BCUT2D eigenvalue weighted by molar-refractivity contribution is 0.0932. The number of nitrogens with two attached hydrogens (primary N) is 1. The Morgan fingerprint density at radius 3 is 2.44 bits per heavy atom. The maximum absolute atomic E-state index is 9.96. The van der Waals surface area contributed by atoms with Gasteiger partial charge in [0.25, 0.3) is 0 Å². The summed E-state index contributed by atoms with van der Waals surface area (Å²) in [5, 5.41) is 19.1. The first-order valence-corrected chi connectivity index (χ1v) is 6.82. The van der Waals surface area contributed by atoms with E-state index < -0.39 is 6.10 Å². The van der Waals surface area contributed by atoms with E-state index in [9.17, 15) is 10.2 Å². The van der Waals surface area contributed by atoms with Crippen molar-refractivity contribution in [1.82, 2.24) is 0 Å². The first-order valence-electron chi connectivity index (χ1n) is 6.82. The Morgan fingerprint density at radius 2 is 1.83 bits per heavy atom. The van der Waals surface area contributed by atoms with Crippen molar-refractivity contribution in [2.75, 3.05) is 13.2 Å². The highest BCUT2D eigenvalue weighted by Crippen LogP contribution is 2.41. The molecule has 0 radical (unpaired) electrons. The highest BCUT2D eigenvalue weighted by atomic mass is 16.3. The molecule has 0 spiro atoms. The Balaban J connectivity index is 2.41. The first-order chi connectivity index (χ1) is 8.73. The van der Waals surface area contributed by atoms with E-state index in [1.54, 1.807) is 0 Å². The summed E-state index contributed by atoms with van der Waals surface area (Å²) >= 11 is 0. The predicted octanol–water partition coefficient (Wildman–Crippen LogP) is 1.87. The normalized spacial score (nSPS) is 20.6. The second-order valence-electron chi connectivity index (χ2n) is 5.33. The summed E-state index contributed by atoms with van der Waals surface area (Å²) in [7, 11) is 0. The van der Waals surface area contributed by atoms with Crippen LogP contribution in [-0.2, 0) is 5.41 Å². The van der Waals surface area contributed by atoms with E-state index in [4.69, 9.17) is 5.73 Å².